The summed E-state index contributed by atoms with van der Waals surface area (Å²) in [5, 5.41) is 8.82. The average Bonchev–Trinajstić information content (AvgIpc) is 3.61. The first-order chi connectivity index (χ1) is 29.5. The van der Waals surface area contributed by atoms with E-state index in [2.05, 4.69) is 72.8 Å². The largest absolute Gasteiger partial charge is 0.458 e. The van der Waals surface area contributed by atoms with Gasteiger partial charge in [-0.1, -0.05) is 121 Å². The maximum atomic E-state index is 9.80. The maximum absolute atomic E-state index is 9.80. The number of para-hydroxylation sites is 3. The summed E-state index contributed by atoms with van der Waals surface area (Å²) in [6, 6.07) is 35.5. The minimum absolute atomic E-state index is 0.0478. The molecule has 10 aromatic rings. The number of rotatable bonds is 2. The predicted molar refractivity (Wildman–Crippen MR) is 216 cm³/mol. The number of hydrogen-bond acceptors (Lipinski definition) is 2. The number of benzene rings is 9. The Kier molecular flexibility index (Phi) is 4.15. The van der Waals surface area contributed by atoms with Crippen LogP contribution in [0, 0.1) is 0 Å². The van der Waals surface area contributed by atoms with E-state index in [4.69, 9.17) is 19.1 Å². The highest BCUT2D eigenvalue weighted by Crippen LogP contribution is 2.42. The van der Waals surface area contributed by atoms with E-state index >= 15 is 0 Å². The van der Waals surface area contributed by atoms with Crippen molar-refractivity contribution < 1.29 is 21.8 Å². The van der Waals surface area contributed by atoms with Crippen molar-refractivity contribution in [2.24, 2.45) is 0 Å². The Bertz CT molecular complexity index is 3620. The van der Waals surface area contributed by atoms with E-state index in [-0.39, 0.29) is 75.3 Å². The van der Waals surface area contributed by atoms with Crippen molar-refractivity contribution in [3.05, 3.63) is 170 Å². The molecule has 0 aliphatic carbocycles. The van der Waals surface area contributed by atoms with Gasteiger partial charge in [-0.15, -0.1) is 0 Å². The third-order valence-electron chi connectivity index (χ3n) is 10.6. The minimum Gasteiger partial charge on any atom is -0.458 e. The standard InChI is InChI=1S/C48H28BNO2/c1-2-13-34-32(11-1)33-12-3-4-14-35(33)38-25-29(21-23-36(34)38)30-22-24-43-39(26-30)37-15-5-8-18-42(37)50(43)31-27-46-48-47(28-31)52-45-20-10-7-17-41(45)49(48)40-16-6-9-19-44(40)51-46/h1-28H/i6D,7D,9D,10D,16D,19D,20D,27D,28D. The zero-order valence-corrected chi connectivity index (χ0v) is 27.3. The molecule has 52 heavy (non-hydrogen) atoms. The summed E-state index contributed by atoms with van der Waals surface area (Å²) in [7, 11) is 0. The molecule has 3 nitrogen and oxygen atoms in total. The van der Waals surface area contributed by atoms with Crippen LogP contribution in [0.4, 0.5) is 0 Å². The summed E-state index contributed by atoms with van der Waals surface area (Å²) in [5.74, 6) is -0.387. The average molecular weight is 671 g/mol. The normalized spacial score (nSPS) is 15.3. The van der Waals surface area contributed by atoms with Crippen LogP contribution < -0.4 is 25.9 Å². The Labute approximate surface area is 312 Å². The second kappa shape index (κ2) is 10.4. The van der Waals surface area contributed by atoms with Crippen LogP contribution in [0.25, 0.3) is 70.9 Å². The minimum atomic E-state index is -1.08. The molecule has 0 N–H and O–H groups in total. The highest BCUT2D eigenvalue weighted by molar-refractivity contribution is 6.98. The summed E-state index contributed by atoms with van der Waals surface area (Å²) in [6.45, 7) is -1.08. The summed E-state index contributed by atoms with van der Waals surface area (Å²) < 4.78 is 94.8. The molecule has 0 radical (unpaired) electrons. The van der Waals surface area contributed by atoms with E-state index in [0.717, 1.165) is 27.3 Å². The molecule has 1 aromatic heterocycles. The van der Waals surface area contributed by atoms with E-state index in [1.54, 1.807) is 0 Å². The zero-order valence-electron chi connectivity index (χ0n) is 36.3. The molecule has 3 heterocycles. The van der Waals surface area contributed by atoms with Gasteiger partial charge in [-0.05, 0) is 90.7 Å². The molecule has 2 aliphatic rings. The van der Waals surface area contributed by atoms with Crippen molar-refractivity contribution in [1.82, 2.24) is 4.57 Å². The van der Waals surface area contributed by atoms with Gasteiger partial charge in [0, 0.05) is 28.3 Å². The molecule has 0 atom stereocenters. The third kappa shape index (κ3) is 3.81. The van der Waals surface area contributed by atoms with Gasteiger partial charge >= 0.3 is 0 Å². The van der Waals surface area contributed by atoms with Gasteiger partial charge < -0.3 is 14.0 Å². The second-order valence-corrected chi connectivity index (χ2v) is 13.3. The van der Waals surface area contributed by atoms with E-state index in [9.17, 15) is 2.74 Å². The van der Waals surface area contributed by atoms with Crippen LogP contribution in [-0.4, -0.2) is 11.3 Å². The van der Waals surface area contributed by atoms with E-state index in [0.29, 0.717) is 11.0 Å². The highest BCUT2D eigenvalue weighted by atomic mass is 16.5. The molecule has 0 fully saturated rings. The molecule has 0 saturated carbocycles. The van der Waals surface area contributed by atoms with Crippen LogP contribution in [0.2, 0.25) is 0 Å². The Balaban J connectivity index is 1.11. The van der Waals surface area contributed by atoms with Crippen LogP contribution >= 0.6 is 0 Å². The summed E-state index contributed by atoms with van der Waals surface area (Å²) in [4.78, 5) is 0. The zero-order chi connectivity index (χ0) is 41.7. The van der Waals surface area contributed by atoms with Crippen molar-refractivity contribution in [2.45, 2.75) is 0 Å². The van der Waals surface area contributed by atoms with E-state index in [1.807, 2.05) is 41.0 Å². The number of aromatic nitrogens is 1. The molecule has 9 aromatic carbocycles. The Morgan fingerprint density at radius 3 is 1.71 bits per heavy atom. The van der Waals surface area contributed by atoms with Gasteiger partial charge in [0.2, 0.25) is 0 Å². The smallest absolute Gasteiger partial charge is 0.260 e. The molecule has 0 bridgehead atoms. The quantitative estimate of drug-likeness (QED) is 0.135. The topological polar surface area (TPSA) is 23.4 Å². The number of fused-ring (bicyclic) bond motifs is 13. The van der Waals surface area contributed by atoms with Crippen LogP contribution in [0.1, 0.15) is 12.3 Å². The van der Waals surface area contributed by atoms with Gasteiger partial charge in [-0.3, -0.25) is 0 Å². The van der Waals surface area contributed by atoms with E-state index in [1.165, 1.54) is 33.0 Å². The predicted octanol–water partition coefficient (Wildman–Crippen LogP) is 10.6. The van der Waals surface area contributed by atoms with Crippen LogP contribution in [0.5, 0.6) is 23.0 Å². The monoisotopic (exact) mass is 670 g/mol. The molecular weight excluding hydrogens is 633 g/mol. The van der Waals surface area contributed by atoms with Gasteiger partial charge in [0.1, 0.15) is 23.0 Å². The third-order valence-corrected chi connectivity index (χ3v) is 10.6. The lowest BCUT2D eigenvalue weighted by Crippen LogP contribution is -2.57. The number of nitrogens with zero attached hydrogens (tertiary/aromatic N) is 1. The highest BCUT2D eigenvalue weighted by Gasteiger charge is 2.40. The number of ether oxygens (including phenoxy) is 2. The molecular formula is C48H28BNO2. The first kappa shape index (κ1) is 20.8. The Morgan fingerprint density at radius 1 is 0.442 bits per heavy atom. The SMILES string of the molecule is [2H]c1cc2c(c([2H])c1[2H])Oc1c([2H])c(-n3c4ccccc4c4cc(-c5ccc6c7ccccc7c7ccccc7c6c5)ccc43)c([2H])c3c1B2c1c([2H])c([2H])c([2H])c([2H])c1O3. The lowest BCUT2D eigenvalue weighted by atomic mass is 9.35. The second-order valence-electron chi connectivity index (χ2n) is 13.3. The van der Waals surface area contributed by atoms with Crippen molar-refractivity contribution in [2.75, 3.05) is 0 Å². The molecule has 0 spiro atoms. The van der Waals surface area contributed by atoms with Crippen LogP contribution in [-0.2, 0) is 0 Å². The summed E-state index contributed by atoms with van der Waals surface area (Å²) in [6.07, 6.45) is 0. The Hall–Kier alpha value is -6.78. The lowest BCUT2D eigenvalue weighted by Gasteiger charge is -2.33. The number of hydrogen-bond donors (Lipinski definition) is 0. The van der Waals surface area contributed by atoms with Crippen molar-refractivity contribution in [3.8, 4) is 39.8 Å². The first-order valence-electron chi connectivity index (χ1n) is 21.6. The molecule has 0 amide bonds. The summed E-state index contributed by atoms with van der Waals surface area (Å²) >= 11 is 0. The van der Waals surface area contributed by atoms with Crippen molar-refractivity contribution >= 4 is 77.2 Å². The van der Waals surface area contributed by atoms with Crippen LogP contribution in [0.15, 0.2) is 170 Å². The van der Waals surface area contributed by atoms with Gasteiger partial charge in [0.05, 0.1) is 29.1 Å². The lowest BCUT2D eigenvalue weighted by molar-refractivity contribution is 0.464. The Morgan fingerprint density at radius 2 is 0.981 bits per heavy atom. The fraction of sp³-hybridized carbons (Fsp3) is 0. The molecule has 12 rings (SSSR count). The first-order valence-corrected chi connectivity index (χ1v) is 17.1. The van der Waals surface area contributed by atoms with Crippen molar-refractivity contribution in [3.63, 3.8) is 0 Å². The van der Waals surface area contributed by atoms with Gasteiger partial charge in [-0.25, -0.2) is 0 Å². The summed E-state index contributed by atoms with van der Waals surface area (Å²) in [5.41, 5.74) is 3.99. The molecule has 0 saturated heterocycles. The van der Waals surface area contributed by atoms with Gasteiger partial charge in [0.25, 0.3) is 6.71 Å². The van der Waals surface area contributed by atoms with Crippen LogP contribution in [0.3, 0.4) is 0 Å². The van der Waals surface area contributed by atoms with Crippen molar-refractivity contribution in [1.29, 1.82) is 0 Å². The molecule has 2 aliphatic heterocycles. The molecule has 4 heteroatoms. The van der Waals surface area contributed by atoms with E-state index < -0.39 is 30.9 Å². The maximum Gasteiger partial charge on any atom is 0.260 e. The fourth-order valence-electron chi connectivity index (χ4n) is 8.40. The fourth-order valence-corrected chi connectivity index (χ4v) is 8.40. The van der Waals surface area contributed by atoms with Gasteiger partial charge in [0.15, 0.2) is 0 Å². The molecule has 0 unspecified atom stereocenters. The molecule has 240 valence electrons. The van der Waals surface area contributed by atoms with Gasteiger partial charge in [-0.2, -0.15) is 0 Å².